The van der Waals surface area contributed by atoms with Gasteiger partial charge < -0.3 is 19.5 Å². The topological polar surface area (TPSA) is 78.5 Å². The number of fused-ring (bicyclic) bond motifs is 1. The number of hydrogen-bond donors (Lipinski definition) is 1. The molecule has 1 amide bonds. The Kier molecular flexibility index (Phi) is 5.43. The second-order valence-corrected chi connectivity index (χ2v) is 8.91. The van der Waals surface area contributed by atoms with E-state index in [2.05, 4.69) is 14.9 Å². The molecule has 3 aromatic rings. The van der Waals surface area contributed by atoms with Crippen LogP contribution in [0.2, 0.25) is 0 Å². The molecule has 0 unspecified atom stereocenters. The highest BCUT2D eigenvalue weighted by Crippen LogP contribution is 2.24. The summed E-state index contributed by atoms with van der Waals surface area (Å²) in [5.74, 6) is 0.854. The number of aromatic nitrogens is 2. The zero-order valence-corrected chi connectivity index (χ0v) is 18.4. The number of rotatable bonds is 2. The molecule has 1 fully saturated rings. The van der Waals surface area contributed by atoms with E-state index in [4.69, 9.17) is 4.74 Å². The first-order valence-corrected chi connectivity index (χ1v) is 10.5. The van der Waals surface area contributed by atoms with E-state index in [0.717, 1.165) is 28.0 Å². The summed E-state index contributed by atoms with van der Waals surface area (Å²) in [4.78, 5) is 36.2. The van der Waals surface area contributed by atoms with Gasteiger partial charge in [0.05, 0.1) is 5.69 Å². The maximum atomic E-state index is 12.5. The Morgan fingerprint density at radius 3 is 2.45 bits per heavy atom. The van der Waals surface area contributed by atoms with E-state index < -0.39 is 5.60 Å². The average molecular weight is 421 g/mol. The van der Waals surface area contributed by atoms with Crippen LogP contribution >= 0.6 is 0 Å². The van der Waals surface area contributed by atoms with Gasteiger partial charge in [-0.25, -0.2) is 9.78 Å². The van der Waals surface area contributed by atoms with Crippen molar-refractivity contribution < 1.29 is 9.53 Å². The third kappa shape index (κ3) is 4.55. The third-order valence-corrected chi connectivity index (χ3v) is 5.42. The molecular formula is C24H28N4O3. The Hall–Kier alpha value is -3.35. The number of aryl methyl sites for hydroxylation is 1. The Labute approximate surface area is 181 Å². The van der Waals surface area contributed by atoms with Gasteiger partial charge in [-0.05, 0) is 62.9 Å². The molecule has 1 aliphatic heterocycles. The van der Waals surface area contributed by atoms with Gasteiger partial charge in [0.1, 0.15) is 11.4 Å². The Balaban J connectivity index is 1.47. The van der Waals surface area contributed by atoms with Crippen LogP contribution in [0.5, 0.6) is 0 Å². The molecule has 0 spiro atoms. The van der Waals surface area contributed by atoms with Crippen molar-refractivity contribution in [2.45, 2.75) is 33.3 Å². The minimum Gasteiger partial charge on any atom is -0.444 e. The van der Waals surface area contributed by atoms with E-state index in [1.165, 1.54) is 0 Å². The maximum Gasteiger partial charge on any atom is 0.410 e. The van der Waals surface area contributed by atoms with Gasteiger partial charge in [0, 0.05) is 43.3 Å². The predicted molar refractivity (Wildman–Crippen MR) is 123 cm³/mol. The van der Waals surface area contributed by atoms with Crippen LogP contribution in [0.15, 0.2) is 47.4 Å². The van der Waals surface area contributed by atoms with Gasteiger partial charge in [-0.1, -0.05) is 12.1 Å². The monoisotopic (exact) mass is 420 g/mol. The number of amides is 1. The van der Waals surface area contributed by atoms with Gasteiger partial charge in [-0.2, -0.15) is 0 Å². The smallest absolute Gasteiger partial charge is 0.410 e. The van der Waals surface area contributed by atoms with Crippen LogP contribution in [0.4, 0.5) is 10.6 Å². The Bertz CT molecular complexity index is 1150. The van der Waals surface area contributed by atoms with Gasteiger partial charge in [0.15, 0.2) is 0 Å². The quantitative estimate of drug-likeness (QED) is 0.679. The summed E-state index contributed by atoms with van der Waals surface area (Å²) in [6.45, 7) is 10.2. The van der Waals surface area contributed by atoms with Crippen LogP contribution in [0, 0.1) is 6.92 Å². The number of ether oxygens (including phenoxy) is 1. The molecule has 162 valence electrons. The van der Waals surface area contributed by atoms with Crippen LogP contribution in [-0.2, 0) is 4.74 Å². The van der Waals surface area contributed by atoms with E-state index in [-0.39, 0.29) is 11.7 Å². The van der Waals surface area contributed by atoms with E-state index >= 15 is 0 Å². The van der Waals surface area contributed by atoms with Crippen molar-refractivity contribution in [3.63, 3.8) is 0 Å². The third-order valence-electron chi connectivity index (χ3n) is 5.42. The van der Waals surface area contributed by atoms with Crippen molar-refractivity contribution in [3.8, 4) is 11.3 Å². The molecule has 0 saturated carbocycles. The minimum atomic E-state index is -0.492. The van der Waals surface area contributed by atoms with Crippen molar-refractivity contribution >= 4 is 22.7 Å². The Morgan fingerprint density at radius 2 is 1.81 bits per heavy atom. The lowest BCUT2D eigenvalue weighted by Crippen LogP contribution is -2.50. The number of hydrogen-bond acceptors (Lipinski definition) is 5. The number of nitrogens with zero attached hydrogens (tertiary/aromatic N) is 3. The SMILES string of the molecule is Cc1cccc2c(=O)[nH]c(-c3ccc(N4CCN(C(=O)OC(C)(C)C)CC4)nc3)cc12. The number of anilines is 1. The number of aromatic amines is 1. The van der Waals surface area contributed by atoms with Crippen molar-refractivity contribution in [1.82, 2.24) is 14.9 Å². The highest BCUT2D eigenvalue weighted by Gasteiger charge is 2.26. The summed E-state index contributed by atoms with van der Waals surface area (Å²) in [7, 11) is 0. The number of piperazine rings is 1. The molecule has 0 atom stereocenters. The number of nitrogens with one attached hydrogen (secondary N) is 1. The molecule has 1 aromatic carbocycles. The second kappa shape index (κ2) is 8.06. The second-order valence-electron chi connectivity index (χ2n) is 8.91. The van der Waals surface area contributed by atoms with E-state index in [0.29, 0.717) is 31.6 Å². The zero-order chi connectivity index (χ0) is 22.2. The molecule has 0 radical (unpaired) electrons. The molecule has 7 nitrogen and oxygen atoms in total. The van der Waals surface area contributed by atoms with E-state index in [9.17, 15) is 9.59 Å². The highest BCUT2D eigenvalue weighted by molar-refractivity contribution is 5.87. The summed E-state index contributed by atoms with van der Waals surface area (Å²) in [6.07, 6.45) is 1.51. The van der Waals surface area contributed by atoms with Gasteiger partial charge in [0.2, 0.25) is 0 Å². The van der Waals surface area contributed by atoms with E-state index in [1.807, 2.05) is 64.1 Å². The summed E-state index contributed by atoms with van der Waals surface area (Å²) >= 11 is 0. The minimum absolute atomic E-state index is 0.0986. The maximum absolute atomic E-state index is 12.5. The molecule has 2 aromatic heterocycles. The fourth-order valence-corrected chi connectivity index (χ4v) is 3.77. The molecular weight excluding hydrogens is 392 g/mol. The lowest BCUT2D eigenvalue weighted by atomic mass is 10.0. The largest absolute Gasteiger partial charge is 0.444 e. The van der Waals surface area contributed by atoms with Crippen LogP contribution < -0.4 is 10.5 Å². The molecule has 7 heteroatoms. The molecule has 1 aliphatic rings. The molecule has 1 N–H and O–H groups in total. The van der Waals surface area contributed by atoms with Gasteiger partial charge >= 0.3 is 6.09 Å². The summed E-state index contributed by atoms with van der Waals surface area (Å²) in [5, 5.41) is 1.64. The fourth-order valence-electron chi connectivity index (χ4n) is 3.77. The average Bonchev–Trinajstić information content (AvgIpc) is 2.73. The lowest BCUT2D eigenvalue weighted by molar-refractivity contribution is 0.0240. The summed E-state index contributed by atoms with van der Waals surface area (Å²) in [6, 6.07) is 11.7. The first-order valence-electron chi connectivity index (χ1n) is 10.5. The lowest BCUT2D eigenvalue weighted by Gasteiger charge is -2.36. The standard InChI is InChI=1S/C24H28N4O3/c1-16-6-5-7-18-19(16)14-20(26-22(18)29)17-8-9-21(25-15-17)27-10-12-28(13-11-27)23(30)31-24(2,3)4/h5-9,14-15H,10-13H2,1-4H3,(H,26,29). The molecule has 0 aliphatic carbocycles. The Morgan fingerprint density at radius 1 is 1.06 bits per heavy atom. The number of pyridine rings is 2. The first-order chi connectivity index (χ1) is 14.7. The van der Waals surface area contributed by atoms with Crippen LogP contribution in [-0.4, -0.2) is 52.7 Å². The highest BCUT2D eigenvalue weighted by atomic mass is 16.6. The summed E-state index contributed by atoms with van der Waals surface area (Å²) < 4.78 is 5.46. The molecule has 3 heterocycles. The van der Waals surface area contributed by atoms with Crippen molar-refractivity contribution in [2.75, 3.05) is 31.1 Å². The fraction of sp³-hybridized carbons (Fsp3) is 0.375. The molecule has 4 rings (SSSR count). The van der Waals surface area contributed by atoms with E-state index in [1.54, 1.807) is 11.1 Å². The number of carbonyl (C=O) groups excluding carboxylic acids is 1. The number of benzene rings is 1. The number of H-pyrrole nitrogens is 1. The first kappa shape index (κ1) is 20.9. The molecule has 31 heavy (non-hydrogen) atoms. The van der Waals surface area contributed by atoms with Crippen LogP contribution in [0.25, 0.3) is 22.0 Å². The van der Waals surface area contributed by atoms with Crippen molar-refractivity contribution in [2.24, 2.45) is 0 Å². The molecule has 0 bridgehead atoms. The molecule has 1 saturated heterocycles. The van der Waals surface area contributed by atoms with Crippen LogP contribution in [0.1, 0.15) is 26.3 Å². The van der Waals surface area contributed by atoms with Crippen molar-refractivity contribution in [1.29, 1.82) is 0 Å². The van der Waals surface area contributed by atoms with Gasteiger partial charge in [-0.15, -0.1) is 0 Å². The van der Waals surface area contributed by atoms with Gasteiger partial charge in [-0.3, -0.25) is 4.79 Å². The van der Waals surface area contributed by atoms with Gasteiger partial charge in [0.25, 0.3) is 5.56 Å². The number of carbonyl (C=O) groups is 1. The zero-order valence-electron chi connectivity index (χ0n) is 18.4. The normalized spacial score (nSPS) is 14.7. The van der Waals surface area contributed by atoms with Crippen molar-refractivity contribution in [3.05, 3.63) is 58.5 Å². The van der Waals surface area contributed by atoms with Crippen LogP contribution in [0.3, 0.4) is 0 Å². The summed E-state index contributed by atoms with van der Waals surface area (Å²) in [5.41, 5.74) is 2.09. The predicted octanol–water partition coefficient (Wildman–Crippen LogP) is 3.96.